The van der Waals surface area contributed by atoms with Crippen LogP contribution in [0, 0.1) is 0 Å². The number of nitrogens with zero attached hydrogens (tertiary/aromatic N) is 1. The number of fused-ring (bicyclic) bond motifs is 1. The normalized spacial score (nSPS) is 17.9. The number of carbonyl (C=O) groups excluding carboxylic acids is 1. The number of hydrogen-bond acceptors (Lipinski definition) is 3. The third kappa shape index (κ3) is 2.42. The number of aromatic hydroxyl groups is 1. The highest BCUT2D eigenvalue weighted by molar-refractivity contribution is 5.77. The lowest BCUT2D eigenvalue weighted by atomic mass is 10.1. The molecular weight excluding hydrogens is 216 g/mol. The first-order valence-electron chi connectivity index (χ1n) is 5.84. The lowest BCUT2D eigenvalue weighted by molar-refractivity contribution is -0.127. The summed E-state index contributed by atoms with van der Waals surface area (Å²) >= 11 is 0. The van der Waals surface area contributed by atoms with E-state index in [0.717, 1.165) is 24.0 Å². The molecule has 1 aliphatic carbocycles. The number of benzene rings is 1. The first-order valence-corrected chi connectivity index (χ1v) is 5.84. The predicted molar refractivity (Wildman–Crippen MR) is 65.9 cm³/mol. The molecule has 4 nitrogen and oxygen atoms in total. The van der Waals surface area contributed by atoms with Crippen LogP contribution >= 0.6 is 0 Å². The van der Waals surface area contributed by atoms with Crippen LogP contribution in [0.5, 0.6) is 5.75 Å². The minimum Gasteiger partial charge on any atom is -0.508 e. The monoisotopic (exact) mass is 234 g/mol. The van der Waals surface area contributed by atoms with Crippen molar-refractivity contribution < 1.29 is 9.90 Å². The maximum Gasteiger partial charge on any atom is 0.236 e. The van der Waals surface area contributed by atoms with Crippen molar-refractivity contribution in [2.45, 2.75) is 18.9 Å². The van der Waals surface area contributed by atoms with Gasteiger partial charge < -0.3 is 15.3 Å². The third-order valence-electron chi connectivity index (χ3n) is 3.24. The van der Waals surface area contributed by atoms with Gasteiger partial charge in [-0.05, 0) is 30.0 Å². The van der Waals surface area contributed by atoms with Crippen molar-refractivity contribution in [1.29, 1.82) is 0 Å². The van der Waals surface area contributed by atoms with E-state index in [-0.39, 0.29) is 11.9 Å². The fourth-order valence-corrected chi connectivity index (χ4v) is 2.22. The molecule has 17 heavy (non-hydrogen) atoms. The van der Waals surface area contributed by atoms with Gasteiger partial charge in [0.15, 0.2) is 0 Å². The predicted octanol–water partition coefficient (Wildman–Crippen LogP) is 1.06. The average molecular weight is 234 g/mol. The molecule has 0 aliphatic heterocycles. The zero-order chi connectivity index (χ0) is 12.4. The molecule has 1 amide bonds. The van der Waals surface area contributed by atoms with Crippen LogP contribution in [0.15, 0.2) is 18.2 Å². The molecule has 1 aliphatic rings. The summed E-state index contributed by atoms with van der Waals surface area (Å²) in [5, 5.41) is 13.0. The number of amides is 1. The van der Waals surface area contributed by atoms with E-state index >= 15 is 0 Å². The summed E-state index contributed by atoms with van der Waals surface area (Å²) in [6.45, 7) is 0.340. The van der Waals surface area contributed by atoms with Gasteiger partial charge in [-0.3, -0.25) is 4.79 Å². The molecule has 1 atom stereocenters. The molecule has 0 radical (unpaired) electrons. The molecule has 1 aromatic carbocycles. The fraction of sp³-hybridized carbons (Fsp3) is 0.462. The van der Waals surface area contributed by atoms with Gasteiger partial charge in [-0.15, -0.1) is 0 Å². The van der Waals surface area contributed by atoms with E-state index in [1.54, 1.807) is 25.1 Å². The van der Waals surface area contributed by atoms with E-state index in [2.05, 4.69) is 5.32 Å². The lowest BCUT2D eigenvalue weighted by Crippen LogP contribution is -2.34. The Hall–Kier alpha value is -1.55. The van der Waals surface area contributed by atoms with Gasteiger partial charge in [0.25, 0.3) is 0 Å². The maximum atomic E-state index is 11.5. The van der Waals surface area contributed by atoms with Crippen molar-refractivity contribution in [2.24, 2.45) is 0 Å². The zero-order valence-corrected chi connectivity index (χ0v) is 10.2. The van der Waals surface area contributed by atoms with Gasteiger partial charge in [0, 0.05) is 20.1 Å². The van der Waals surface area contributed by atoms with Crippen LogP contribution in [0.2, 0.25) is 0 Å². The average Bonchev–Trinajstić information content (AvgIpc) is 2.70. The Labute approximate surface area is 101 Å². The summed E-state index contributed by atoms with van der Waals surface area (Å²) in [7, 11) is 3.50. The summed E-state index contributed by atoms with van der Waals surface area (Å²) in [6.07, 6.45) is 1.81. The van der Waals surface area contributed by atoms with Crippen LogP contribution in [-0.4, -0.2) is 36.6 Å². The summed E-state index contributed by atoms with van der Waals surface area (Å²) in [6, 6.07) is 5.76. The van der Waals surface area contributed by atoms with Crippen molar-refractivity contribution in [3.8, 4) is 5.75 Å². The standard InChI is InChI=1S/C13H18N2O2/c1-15(2)13(17)8-14-11-7-6-10-9(11)4-3-5-12(10)16/h3-5,11,14,16H,6-8H2,1-2H3. The van der Waals surface area contributed by atoms with Crippen molar-refractivity contribution in [2.75, 3.05) is 20.6 Å². The second-order valence-electron chi connectivity index (χ2n) is 4.61. The quantitative estimate of drug-likeness (QED) is 0.822. The number of phenols is 1. The van der Waals surface area contributed by atoms with E-state index in [1.165, 1.54) is 0 Å². The maximum absolute atomic E-state index is 11.5. The van der Waals surface area contributed by atoms with Gasteiger partial charge in [0.1, 0.15) is 5.75 Å². The van der Waals surface area contributed by atoms with E-state index in [9.17, 15) is 9.90 Å². The molecule has 0 heterocycles. The molecule has 1 aromatic rings. The summed E-state index contributed by atoms with van der Waals surface area (Å²) < 4.78 is 0. The molecule has 2 rings (SSSR count). The molecule has 0 saturated heterocycles. The fourth-order valence-electron chi connectivity index (χ4n) is 2.22. The molecule has 0 saturated carbocycles. The van der Waals surface area contributed by atoms with Gasteiger partial charge in [0.05, 0.1) is 6.54 Å². The Morgan fingerprint density at radius 2 is 2.29 bits per heavy atom. The van der Waals surface area contributed by atoms with Crippen molar-refractivity contribution in [3.05, 3.63) is 29.3 Å². The summed E-state index contributed by atoms with van der Waals surface area (Å²) in [4.78, 5) is 13.1. The molecule has 0 fully saturated rings. The minimum atomic E-state index is 0.0682. The zero-order valence-electron chi connectivity index (χ0n) is 10.2. The second kappa shape index (κ2) is 4.75. The first kappa shape index (κ1) is 11.9. The van der Waals surface area contributed by atoms with Crippen LogP contribution in [0.25, 0.3) is 0 Å². The Kier molecular flexibility index (Phi) is 3.33. The minimum absolute atomic E-state index is 0.0682. The number of hydrogen-bond donors (Lipinski definition) is 2. The molecule has 0 aromatic heterocycles. The van der Waals surface area contributed by atoms with Crippen LogP contribution < -0.4 is 5.32 Å². The van der Waals surface area contributed by atoms with Crippen molar-refractivity contribution in [3.63, 3.8) is 0 Å². The van der Waals surface area contributed by atoms with E-state index in [1.807, 2.05) is 12.1 Å². The van der Waals surface area contributed by atoms with Crippen LogP contribution in [-0.2, 0) is 11.2 Å². The van der Waals surface area contributed by atoms with Crippen LogP contribution in [0.1, 0.15) is 23.6 Å². The highest BCUT2D eigenvalue weighted by Crippen LogP contribution is 2.35. The van der Waals surface area contributed by atoms with Gasteiger partial charge in [-0.25, -0.2) is 0 Å². The van der Waals surface area contributed by atoms with Gasteiger partial charge in [-0.2, -0.15) is 0 Å². The molecule has 0 spiro atoms. The Balaban J connectivity index is 2.03. The second-order valence-corrected chi connectivity index (χ2v) is 4.61. The number of carbonyl (C=O) groups is 1. The highest BCUT2D eigenvalue weighted by Gasteiger charge is 2.24. The first-order chi connectivity index (χ1) is 8.09. The third-order valence-corrected chi connectivity index (χ3v) is 3.24. The van der Waals surface area contributed by atoms with Gasteiger partial charge in [-0.1, -0.05) is 12.1 Å². The number of likely N-dealkylation sites (N-methyl/N-ethyl adjacent to an activating group) is 1. The van der Waals surface area contributed by atoms with Crippen molar-refractivity contribution in [1.82, 2.24) is 10.2 Å². The molecular formula is C13H18N2O2. The van der Waals surface area contributed by atoms with E-state index < -0.39 is 0 Å². The molecule has 2 N–H and O–H groups in total. The topological polar surface area (TPSA) is 52.6 Å². The number of nitrogens with one attached hydrogen (secondary N) is 1. The number of phenolic OH excluding ortho intramolecular Hbond substituents is 1. The van der Waals surface area contributed by atoms with Crippen molar-refractivity contribution >= 4 is 5.91 Å². The Morgan fingerprint density at radius 1 is 1.53 bits per heavy atom. The summed E-state index contributed by atoms with van der Waals surface area (Å²) in [5.74, 6) is 0.435. The van der Waals surface area contributed by atoms with E-state index in [4.69, 9.17) is 0 Å². The lowest BCUT2D eigenvalue weighted by Gasteiger charge is -2.16. The SMILES string of the molecule is CN(C)C(=O)CNC1CCc2c(O)cccc21. The highest BCUT2D eigenvalue weighted by atomic mass is 16.3. The van der Waals surface area contributed by atoms with Gasteiger partial charge >= 0.3 is 0 Å². The Morgan fingerprint density at radius 3 is 3.00 bits per heavy atom. The molecule has 4 heteroatoms. The van der Waals surface area contributed by atoms with Gasteiger partial charge in [0.2, 0.25) is 5.91 Å². The Bertz CT molecular complexity index is 429. The van der Waals surface area contributed by atoms with E-state index in [0.29, 0.717) is 12.3 Å². The number of rotatable bonds is 3. The smallest absolute Gasteiger partial charge is 0.236 e. The molecule has 0 bridgehead atoms. The largest absolute Gasteiger partial charge is 0.508 e. The van der Waals surface area contributed by atoms with Crippen LogP contribution in [0.4, 0.5) is 0 Å². The molecule has 92 valence electrons. The summed E-state index contributed by atoms with van der Waals surface area (Å²) in [5.41, 5.74) is 2.14. The molecule has 1 unspecified atom stereocenters. The van der Waals surface area contributed by atoms with Crippen LogP contribution in [0.3, 0.4) is 0 Å².